The van der Waals surface area contributed by atoms with Crippen LogP contribution < -0.4 is 19.7 Å². The molecule has 1 fully saturated rings. The Hall–Kier alpha value is -3.42. The lowest BCUT2D eigenvalue weighted by Gasteiger charge is -2.36. The number of rotatable bonds is 6. The van der Waals surface area contributed by atoms with Crippen molar-refractivity contribution in [3.05, 3.63) is 48.0 Å². The summed E-state index contributed by atoms with van der Waals surface area (Å²) in [4.78, 5) is 28.3. The van der Waals surface area contributed by atoms with E-state index in [2.05, 4.69) is 10.2 Å². The molecule has 0 aromatic heterocycles. The van der Waals surface area contributed by atoms with Gasteiger partial charge in [0.15, 0.2) is 0 Å². The minimum Gasteiger partial charge on any atom is -0.497 e. The number of amides is 2. The third-order valence-electron chi connectivity index (χ3n) is 4.94. The second-order valence-electron chi connectivity index (χ2n) is 6.74. The van der Waals surface area contributed by atoms with Gasteiger partial charge in [-0.3, -0.25) is 0 Å². The molecular weight excluding hydrogens is 386 g/mol. The van der Waals surface area contributed by atoms with Crippen LogP contribution in [0.1, 0.15) is 17.3 Å². The first kappa shape index (κ1) is 21.3. The van der Waals surface area contributed by atoms with Gasteiger partial charge in [-0.2, -0.15) is 0 Å². The van der Waals surface area contributed by atoms with E-state index >= 15 is 0 Å². The van der Waals surface area contributed by atoms with Gasteiger partial charge in [-0.1, -0.05) is 0 Å². The molecule has 1 N–H and O–H groups in total. The SMILES string of the molecule is CCOC(=O)c1ccc(NC(=O)N2CCN(c3ccc(OC)cc3OC)CC2)cc1. The van der Waals surface area contributed by atoms with Crippen LogP contribution in [0.2, 0.25) is 0 Å². The number of urea groups is 1. The number of hydrogen-bond acceptors (Lipinski definition) is 6. The number of ether oxygens (including phenoxy) is 3. The Kier molecular flexibility index (Phi) is 7.00. The van der Waals surface area contributed by atoms with Crippen molar-refractivity contribution >= 4 is 23.4 Å². The van der Waals surface area contributed by atoms with Crippen LogP contribution in [0, 0.1) is 0 Å². The number of nitrogens with one attached hydrogen (secondary N) is 1. The Bertz CT molecular complexity index is 877. The van der Waals surface area contributed by atoms with E-state index in [0.717, 1.165) is 17.2 Å². The average molecular weight is 413 g/mol. The average Bonchev–Trinajstić information content (AvgIpc) is 2.79. The van der Waals surface area contributed by atoms with Crippen LogP contribution in [0.15, 0.2) is 42.5 Å². The highest BCUT2D eigenvalue weighted by Crippen LogP contribution is 2.32. The van der Waals surface area contributed by atoms with Crippen molar-refractivity contribution < 1.29 is 23.8 Å². The summed E-state index contributed by atoms with van der Waals surface area (Å²) in [6.07, 6.45) is 0. The molecule has 2 amide bonds. The van der Waals surface area contributed by atoms with Gasteiger partial charge in [0.25, 0.3) is 0 Å². The summed E-state index contributed by atoms with van der Waals surface area (Å²) in [6, 6.07) is 12.2. The molecule has 1 aliphatic rings. The number of carbonyl (C=O) groups excluding carboxylic acids is 2. The molecule has 1 saturated heterocycles. The molecule has 0 atom stereocenters. The van der Waals surface area contributed by atoms with Crippen molar-refractivity contribution in [3.8, 4) is 11.5 Å². The number of carbonyl (C=O) groups is 2. The summed E-state index contributed by atoms with van der Waals surface area (Å²) >= 11 is 0. The fourth-order valence-corrected chi connectivity index (χ4v) is 3.30. The maximum absolute atomic E-state index is 12.6. The van der Waals surface area contributed by atoms with Crippen LogP contribution in [0.4, 0.5) is 16.2 Å². The standard InChI is InChI=1S/C22H27N3O5/c1-4-30-21(26)16-5-7-17(8-6-16)23-22(27)25-13-11-24(12-14-25)19-10-9-18(28-2)15-20(19)29-3/h5-10,15H,4,11-14H2,1-3H3,(H,23,27). The minimum atomic E-state index is -0.375. The van der Waals surface area contributed by atoms with Crippen LogP contribution in [0.5, 0.6) is 11.5 Å². The Morgan fingerprint density at radius 2 is 1.67 bits per heavy atom. The molecule has 8 heteroatoms. The lowest BCUT2D eigenvalue weighted by atomic mass is 10.2. The summed E-state index contributed by atoms with van der Waals surface area (Å²) in [5.41, 5.74) is 2.07. The first-order chi connectivity index (χ1) is 14.5. The molecule has 0 spiro atoms. The van der Waals surface area contributed by atoms with Crippen molar-refractivity contribution in [1.29, 1.82) is 0 Å². The Morgan fingerprint density at radius 1 is 0.967 bits per heavy atom. The van der Waals surface area contributed by atoms with Gasteiger partial charge in [-0.05, 0) is 43.3 Å². The third kappa shape index (κ3) is 4.94. The molecule has 2 aromatic rings. The summed E-state index contributed by atoms with van der Waals surface area (Å²) in [5.74, 6) is 1.11. The first-order valence-corrected chi connectivity index (χ1v) is 9.85. The molecule has 0 saturated carbocycles. The van der Waals surface area contributed by atoms with E-state index in [1.807, 2.05) is 18.2 Å². The third-order valence-corrected chi connectivity index (χ3v) is 4.94. The number of hydrogen-bond donors (Lipinski definition) is 1. The number of benzene rings is 2. The second kappa shape index (κ2) is 9.87. The zero-order chi connectivity index (χ0) is 21.5. The second-order valence-corrected chi connectivity index (χ2v) is 6.74. The van der Waals surface area contributed by atoms with E-state index in [4.69, 9.17) is 14.2 Å². The molecule has 1 heterocycles. The molecule has 3 rings (SSSR count). The molecular formula is C22H27N3O5. The fraction of sp³-hybridized carbons (Fsp3) is 0.364. The Labute approximate surface area is 176 Å². The van der Waals surface area contributed by atoms with Gasteiger partial charge in [0.2, 0.25) is 0 Å². The molecule has 30 heavy (non-hydrogen) atoms. The highest BCUT2D eigenvalue weighted by atomic mass is 16.5. The number of anilines is 2. The predicted octanol–water partition coefficient (Wildman–Crippen LogP) is 3.23. The van der Waals surface area contributed by atoms with Crippen LogP contribution >= 0.6 is 0 Å². The van der Waals surface area contributed by atoms with Crippen molar-refractivity contribution in [2.45, 2.75) is 6.92 Å². The molecule has 0 bridgehead atoms. The molecule has 2 aromatic carbocycles. The fourth-order valence-electron chi connectivity index (χ4n) is 3.30. The summed E-state index contributed by atoms with van der Waals surface area (Å²) in [5, 5.41) is 2.88. The highest BCUT2D eigenvalue weighted by molar-refractivity contribution is 5.92. The number of nitrogens with zero attached hydrogens (tertiary/aromatic N) is 2. The molecule has 1 aliphatic heterocycles. The van der Waals surface area contributed by atoms with Crippen LogP contribution in [0.25, 0.3) is 0 Å². The van der Waals surface area contributed by atoms with Gasteiger partial charge in [0.05, 0.1) is 32.1 Å². The van der Waals surface area contributed by atoms with Crippen molar-refractivity contribution in [2.75, 3.05) is 57.2 Å². The van der Waals surface area contributed by atoms with Gasteiger partial charge in [0.1, 0.15) is 11.5 Å². The van der Waals surface area contributed by atoms with E-state index in [9.17, 15) is 9.59 Å². The Balaban J connectivity index is 1.56. The van der Waals surface area contributed by atoms with Gasteiger partial charge in [-0.15, -0.1) is 0 Å². The Morgan fingerprint density at radius 3 is 2.27 bits per heavy atom. The van der Waals surface area contributed by atoms with E-state index in [0.29, 0.717) is 44.0 Å². The van der Waals surface area contributed by atoms with Crippen LogP contribution in [-0.4, -0.2) is 63.9 Å². The zero-order valence-corrected chi connectivity index (χ0v) is 17.5. The van der Waals surface area contributed by atoms with E-state index in [1.54, 1.807) is 50.3 Å². The van der Waals surface area contributed by atoms with E-state index in [-0.39, 0.29) is 12.0 Å². The normalized spacial score (nSPS) is 13.6. The van der Waals surface area contributed by atoms with Crippen molar-refractivity contribution in [1.82, 2.24) is 4.90 Å². The van der Waals surface area contributed by atoms with Gasteiger partial charge >= 0.3 is 12.0 Å². The molecule has 0 unspecified atom stereocenters. The predicted molar refractivity (Wildman–Crippen MR) is 115 cm³/mol. The number of piperazine rings is 1. The van der Waals surface area contributed by atoms with Crippen LogP contribution in [0.3, 0.4) is 0 Å². The lowest BCUT2D eigenvalue weighted by molar-refractivity contribution is 0.0526. The van der Waals surface area contributed by atoms with Gasteiger partial charge in [0, 0.05) is 37.9 Å². The zero-order valence-electron chi connectivity index (χ0n) is 17.5. The minimum absolute atomic E-state index is 0.166. The summed E-state index contributed by atoms with van der Waals surface area (Å²) in [7, 11) is 3.26. The largest absolute Gasteiger partial charge is 0.497 e. The van der Waals surface area contributed by atoms with E-state index < -0.39 is 0 Å². The van der Waals surface area contributed by atoms with Crippen molar-refractivity contribution in [3.63, 3.8) is 0 Å². The molecule has 0 aliphatic carbocycles. The smallest absolute Gasteiger partial charge is 0.338 e. The molecule has 8 nitrogen and oxygen atoms in total. The first-order valence-electron chi connectivity index (χ1n) is 9.85. The quantitative estimate of drug-likeness (QED) is 0.733. The van der Waals surface area contributed by atoms with Crippen LogP contribution in [-0.2, 0) is 4.74 Å². The maximum Gasteiger partial charge on any atom is 0.338 e. The molecule has 160 valence electrons. The van der Waals surface area contributed by atoms with Gasteiger partial charge < -0.3 is 29.3 Å². The lowest BCUT2D eigenvalue weighted by Crippen LogP contribution is -2.50. The topological polar surface area (TPSA) is 80.3 Å². The highest BCUT2D eigenvalue weighted by Gasteiger charge is 2.23. The van der Waals surface area contributed by atoms with Crippen molar-refractivity contribution in [2.24, 2.45) is 0 Å². The maximum atomic E-state index is 12.6. The van der Waals surface area contributed by atoms with Gasteiger partial charge in [-0.25, -0.2) is 9.59 Å². The summed E-state index contributed by atoms with van der Waals surface area (Å²) < 4.78 is 15.7. The number of methoxy groups -OCH3 is 2. The summed E-state index contributed by atoms with van der Waals surface area (Å²) in [6.45, 7) is 4.64. The van der Waals surface area contributed by atoms with E-state index in [1.165, 1.54) is 0 Å². The monoisotopic (exact) mass is 413 g/mol. The number of esters is 1. The molecule has 0 radical (unpaired) electrons.